The zero-order valence-electron chi connectivity index (χ0n) is 8.99. The molecular weight excluding hydrogens is 172 g/mol. The lowest BCUT2D eigenvalue weighted by Crippen LogP contribution is -1.96. The highest BCUT2D eigenvalue weighted by molar-refractivity contribution is 5.31. The summed E-state index contributed by atoms with van der Waals surface area (Å²) in [5, 5.41) is 0. The summed E-state index contributed by atoms with van der Waals surface area (Å²) in [6.45, 7) is 4.97. The van der Waals surface area contributed by atoms with Crippen LogP contribution in [-0.2, 0) is 0 Å². The Hall–Kier alpha value is -1.24. The second kappa shape index (κ2) is 6.25. The topological polar surface area (TPSA) is 9.23 Å². The maximum absolute atomic E-state index is 5.63. The van der Waals surface area contributed by atoms with Gasteiger partial charge in [0.05, 0.1) is 6.61 Å². The van der Waals surface area contributed by atoms with Crippen LogP contribution in [0.25, 0.3) is 0 Å². The molecule has 0 fully saturated rings. The summed E-state index contributed by atoms with van der Waals surface area (Å²) in [5.74, 6) is 0.998. The minimum atomic E-state index is 0.765. The highest BCUT2D eigenvalue weighted by Crippen LogP contribution is 2.16. The van der Waals surface area contributed by atoms with E-state index in [2.05, 4.69) is 32.1 Å². The fourth-order valence-corrected chi connectivity index (χ4v) is 1.24. The molecule has 14 heavy (non-hydrogen) atoms. The van der Waals surface area contributed by atoms with Crippen LogP contribution in [0.2, 0.25) is 0 Å². The van der Waals surface area contributed by atoms with Gasteiger partial charge in [-0.15, -0.1) is 0 Å². The minimum absolute atomic E-state index is 0.765. The first kappa shape index (κ1) is 10.8. The molecule has 0 saturated carbocycles. The standard InChI is InChI=1S/C13H18O/c1-3-4-5-8-11-14-13-10-7-6-9-12(13)2/h4-7,9-10H,3,8,11H2,1-2H3. The molecule has 1 heteroatoms. The molecule has 0 radical (unpaired) electrons. The molecule has 0 bridgehead atoms. The monoisotopic (exact) mass is 190 g/mol. The van der Waals surface area contributed by atoms with Gasteiger partial charge in [-0.05, 0) is 31.4 Å². The van der Waals surface area contributed by atoms with E-state index in [1.54, 1.807) is 0 Å². The van der Waals surface area contributed by atoms with Gasteiger partial charge in [-0.3, -0.25) is 0 Å². The maximum atomic E-state index is 5.63. The van der Waals surface area contributed by atoms with E-state index in [4.69, 9.17) is 4.74 Å². The number of para-hydroxylation sites is 1. The lowest BCUT2D eigenvalue weighted by Gasteiger charge is -2.06. The molecule has 0 unspecified atom stereocenters. The van der Waals surface area contributed by atoms with Crippen molar-refractivity contribution in [2.75, 3.05) is 6.61 Å². The molecule has 0 N–H and O–H groups in total. The van der Waals surface area contributed by atoms with E-state index in [9.17, 15) is 0 Å². The van der Waals surface area contributed by atoms with E-state index in [1.807, 2.05) is 18.2 Å². The lowest BCUT2D eigenvalue weighted by molar-refractivity contribution is 0.322. The van der Waals surface area contributed by atoms with Crippen molar-refractivity contribution in [2.45, 2.75) is 26.7 Å². The average Bonchev–Trinajstić information content (AvgIpc) is 2.20. The number of ether oxygens (including phenoxy) is 1. The SMILES string of the molecule is CCC=CCCOc1ccccc1C. The van der Waals surface area contributed by atoms with Crippen LogP contribution in [0.5, 0.6) is 5.75 Å². The van der Waals surface area contributed by atoms with Crippen LogP contribution in [0.15, 0.2) is 36.4 Å². The smallest absolute Gasteiger partial charge is 0.122 e. The van der Waals surface area contributed by atoms with Gasteiger partial charge in [0.2, 0.25) is 0 Å². The summed E-state index contributed by atoms with van der Waals surface area (Å²) in [4.78, 5) is 0. The molecule has 76 valence electrons. The van der Waals surface area contributed by atoms with Gasteiger partial charge in [-0.25, -0.2) is 0 Å². The molecule has 0 aliphatic heterocycles. The second-order valence-electron chi connectivity index (χ2n) is 3.28. The van der Waals surface area contributed by atoms with Gasteiger partial charge in [0, 0.05) is 0 Å². The van der Waals surface area contributed by atoms with Crippen LogP contribution in [0.4, 0.5) is 0 Å². The van der Waals surface area contributed by atoms with E-state index >= 15 is 0 Å². The molecule has 0 atom stereocenters. The van der Waals surface area contributed by atoms with Crippen molar-refractivity contribution in [1.82, 2.24) is 0 Å². The van der Waals surface area contributed by atoms with E-state index in [-0.39, 0.29) is 0 Å². The molecule has 0 spiro atoms. The Morgan fingerprint density at radius 2 is 2.00 bits per heavy atom. The lowest BCUT2D eigenvalue weighted by atomic mass is 10.2. The number of aryl methyl sites for hydroxylation is 1. The molecule has 1 aromatic rings. The van der Waals surface area contributed by atoms with Crippen molar-refractivity contribution in [3.05, 3.63) is 42.0 Å². The number of hydrogen-bond donors (Lipinski definition) is 0. The Morgan fingerprint density at radius 3 is 2.71 bits per heavy atom. The van der Waals surface area contributed by atoms with E-state index in [1.165, 1.54) is 5.56 Å². The summed E-state index contributed by atoms with van der Waals surface area (Å²) in [7, 11) is 0. The van der Waals surface area contributed by atoms with Crippen LogP contribution in [-0.4, -0.2) is 6.61 Å². The Balaban J connectivity index is 2.31. The van der Waals surface area contributed by atoms with E-state index in [0.717, 1.165) is 25.2 Å². The van der Waals surface area contributed by atoms with Crippen molar-refractivity contribution in [1.29, 1.82) is 0 Å². The largest absolute Gasteiger partial charge is 0.493 e. The molecule has 1 rings (SSSR count). The summed E-state index contributed by atoms with van der Waals surface area (Å²) in [6.07, 6.45) is 6.42. The zero-order chi connectivity index (χ0) is 10.2. The van der Waals surface area contributed by atoms with Crippen LogP contribution in [0, 0.1) is 6.92 Å². The fourth-order valence-electron chi connectivity index (χ4n) is 1.24. The molecule has 1 nitrogen and oxygen atoms in total. The van der Waals surface area contributed by atoms with Crippen LogP contribution < -0.4 is 4.74 Å². The van der Waals surface area contributed by atoms with Crippen molar-refractivity contribution in [3.8, 4) is 5.75 Å². The van der Waals surface area contributed by atoms with Gasteiger partial charge in [-0.1, -0.05) is 37.3 Å². The second-order valence-corrected chi connectivity index (χ2v) is 3.28. The zero-order valence-corrected chi connectivity index (χ0v) is 8.99. The van der Waals surface area contributed by atoms with Crippen molar-refractivity contribution in [3.63, 3.8) is 0 Å². The van der Waals surface area contributed by atoms with Crippen LogP contribution in [0.1, 0.15) is 25.3 Å². The van der Waals surface area contributed by atoms with Gasteiger partial charge in [-0.2, -0.15) is 0 Å². The third-order valence-electron chi connectivity index (χ3n) is 2.04. The fraction of sp³-hybridized carbons (Fsp3) is 0.385. The van der Waals surface area contributed by atoms with E-state index < -0.39 is 0 Å². The molecule has 0 amide bonds. The van der Waals surface area contributed by atoms with Gasteiger partial charge in [0.25, 0.3) is 0 Å². The Kier molecular flexibility index (Phi) is 4.84. The molecular formula is C13H18O. The maximum Gasteiger partial charge on any atom is 0.122 e. The first-order valence-electron chi connectivity index (χ1n) is 5.18. The Labute approximate surface area is 86.4 Å². The van der Waals surface area contributed by atoms with Crippen LogP contribution >= 0.6 is 0 Å². The first-order valence-corrected chi connectivity index (χ1v) is 5.18. The average molecular weight is 190 g/mol. The number of rotatable bonds is 5. The Bertz CT molecular complexity index is 289. The predicted molar refractivity (Wildman–Crippen MR) is 60.7 cm³/mol. The molecule has 0 heterocycles. The number of hydrogen-bond acceptors (Lipinski definition) is 1. The predicted octanol–water partition coefficient (Wildman–Crippen LogP) is 3.73. The summed E-state index contributed by atoms with van der Waals surface area (Å²) in [5.41, 5.74) is 1.20. The molecule has 0 saturated heterocycles. The quantitative estimate of drug-likeness (QED) is 0.508. The summed E-state index contributed by atoms with van der Waals surface area (Å²) < 4.78 is 5.63. The van der Waals surface area contributed by atoms with Gasteiger partial charge < -0.3 is 4.74 Å². The summed E-state index contributed by atoms with van der Waals surface area (Å²) >= 11 is 0. The third kappa shape index (κ3) is 3.65. The number of allylic oxidation sites excluding steroid dienone is 1. The molecule has 0 aliphatic rings. The normalized spacial score (nSPS) is 10.7. The Morgan fingerprint density at radius 1 is 1.21 bits per heavy atom. The summed E-state index contributed by atoms with van der Waals surface area (Å²) in [6, 6.07) is 8.11. The van der Waals surface area contributed by atoms with Crippen molar-refractivity contribution < 1.29 is 4.74 Å². The van der Waals surface area contributed by atoms with E-state index in [0.29, 0.717) is 0 Å². The number of benzene rings is 1. The third-order valence-corrected chi connectivity index (χ3v) is 2.04. The van der Waals surface area contributed by atoms with Crippen LogP contribution in [0.3, 0.4) is 0 Å². The van der Waals surface area contributed by atoms with Gasteiger partial charge >= 0.3 is 0 Å². The minimum Gasteiger partial charge on any atom is -0.493 e. The van der Waals surface area contributed by atoms with Crippen molar-refractivity contribution in [2.24, 2.45) is 0 Å². The van der Waals surface area contributed by atoms with Gasteiger partial charge in [0.1, 0.15) is 5.75 Å². The highest BCUT2D eigenvalue weighted by atomic mass is 16.5. The molecule has 0 aromatic heterocycles. The van der Waals surface area contributed by atoms with Gasteiger partial charge in [0.15, 0.2) is 0 Å². The molecule has 1 aromatic carbocycles. The molecule has 0 aliphatic carbocycles. The highest BCUT2D eigenvalue weighted by Gasteiger charge is 1.95. The van der Waals surface area contributed by atoms with Crippen molar-refractivity contribution >= 4 is 0 Å². The first-order chi connectivity index (χ1) is 6.84.